The molecular weight excluding hydrogens is 395 g/mol. The van der Waals surface area contributed by atoms with Crippen molar-refractivity contribution in [3.05, 3.63) is 107 Å². The van der Waals surface area contributed by atoms with Crippen LogP contribution in [0.2, 0.25) is 0 Å². The summed E-state index contributed by atoms with van der Waals surface area (Å²) in [5, 5.41) is 10.4. The molecule has 0 aliphatic carbocycles. The third-order valence-corrected chi connectivity index (χ3v) is 4.38. The molecule has 30 heavy (non-hydrogen) atoms. The first kappa shape index (κ1) is 19.4. The fourth-order valence-corrected chi connectivity index (χ4v) is 2.91. The smallest absolute Gasteiger partial charge is 0.258 e. The SMILES string of the molecule is O=C(NC(c1ccc(F)cc1)c1nnc(-c2ccccc2)o1)c1c(F)cccc1F. The van der Waals surface area contributed by atoms with Crippen LogP contribution in [0.4, 0.5) is 13.2 Å². The number of carbonyl (C=O) groups is 1. The Balaban J connectivity index is 1.71. The Labute approximate surface area is 169 Å². The van der Waals surface area contributed by atoms with E-state index in [1.165, 1.54) is 24.3 Å². The van der Waals surface area contributed by atoms with Crippen LogP contribution in [-0.4, -0.2) is 16.1 Å². The number of hydrogen-bond acceptors (Lipinski definition) is 4. The molecule has 8 heteroatoms. The van der Waals surface area contributed by atoms with Crippen molar-refractivity contribution in [3.63, 3.8) is 0 Å². The Bertz CT molecular complexity index is 1160. The number of nitrogens with one attached hydrogen (secondary N) is 1. The van der Waals surface area contributed by atoms with E-state index in [-0.39, 0.29) is 11.8 Å². The number of benzene rings is 3. The highest BCUT2D eigenvalue weighted by Gasteiger charge is 2.26. The second-order valence-corrected chi connectivity index (χ2v) is 6.37. The predicted octanol–water partition coefficient (Wildman–Crippen LogP) is 4.67. The van der Waals surface area contributed by atoms with E-state index in [2.05, 4.69) is 15.5 Å². The molecule has 150 valence electrons. The van der Waals surface area contributed by atoms with Gasteiger partial charge in [-0.2, -0.15) is 0 Å². The summed E-state index contributed by atoms with van der Waals surface area (Å²) in [6.07, 6.45) is 0. The summed E-state index contributed by atoms with van der Waals surface area (Å²) in [6.45, 7) is 0. The molecule has 0 radical (unpaired) electrons. The molecule has 0 bridgehead atoms. The van der Waals surface area contributed by atoms with Crippen LogP contribution in [0.5, 0.6) is 0 Å². The fraction of sp³-hybridized carbons (Fsp3) is 0.0455. The molecule has 1 amide bonds. The van der Waals surface area contributed by atoms with Gasteiger partial charge in [0.05, 0.1) is 0 Å². The molecule has 0 saturated carbocycles. The number of rotatable bonds is 5. The maximum Gasteiger partial charge on any atom is 0.258 e. The van der Waals surface area contributed by atoms with Crippen molar-refractivity contribution in [3.8, 4) is 11.5 Å². The van der Waals surface area contributed by atoms with E-state index < -0.39 is 35.0 Å². The summed E-state index contributed by atoms with van der Waals surface area (Å²) in [7, 11) is 0. The lowest BCUT2D eigenvalue weighted by Gasteiger charge is -2.16. The van der Waals surface area contributed by atoms with E-state index in [1.807, 2.05) is 6.07 Å². The van der Waals surface area contributed by atoms with E-state index in [9.17, 15) is 18.0 Å². The normalized spacial score (nSPS) is 11.8. The molecular formula is C22H14F3N3O2. The molecule has 1 unspecified atom stereocenters. The van der Waals surface area contributed by atoms with E-state index in [0.29, 0.717) is 11.1 Å². The predicted molar refractivity (Wildman–Crippen MR) is 102 cm³/mol. The van der Waals surface area contributed by atoms with Gasteiger partial charge in [0.1, 0.15) is 29.1 Å². The van der Waals surface area contributed by atoms with Gasteiger partial charge in [0.2, 0.25) is 11.8 Å². The summed E-state index contributed by atoms with van der Waals surface area (Å²) in [6, 6.07) is 16.2. The molecule has 4 aromatic rings. The molecule has 3 aromatic carbocycles. The van der Waals surface area contributed by atoms with Gasteiger partial charge in [-0.1, -0.05) is 36.4 Å². The monoisotopic (exact) mass is 409 g/mol. The van der Waals surface area contributed by atoms with Gasteiger partial charge >= 0.3 is 0 Å². The number of aromatic nitrogens is 2. The van der Waals surface area contributed by atoms with E-state index >= 15 is 0 Å². The van der Waals surface area contributed by atoms with Crippen molar-refractivity contribution in [2.75, 3.05) is 0 Å². The average molecular weight is 409 g/mol. The summed E-state index contributed by atoms with van der Waals surface area (Å²) in [5.74, 6) is -3.35. The summed E-state index contributed by atoms with van der Waals surface area (Å²) in [5.41, 5.74) is 0.303. The molecule has 0 spiro atoms. The molecule has 1 heterocycles. The molecule has 0 aliphatic heterocycles. The van der Waals surface area contributed by atoms with Crippen LogP contribution in [0.3, 0.4) is 0 Å². The molecule has 5 nitrogen and oxygen atoms in total. The molecule has 1 N–H and O–H groups in total. The van der Waals surface area contributed by atoms with Gasteiger partial charge in [0.15, 0.2) is 0 Å². The second-order valence-electron chi connectivity index (χ2n) is 6.37. The Kier molecular flexibility index (Phi) is 5.30. The third kappa shape index (κ3) is 3.93. The Morgan fingerprint density at radius 1 is 0.833 bits per heavy atom. The van der Waals surface area contributed by atoms with Crippen molar-refractivity contribution in [1.82, 2.24) is 15.5 Å². The van der Waals surface area contributed by atoms with Crippen molar-refractivity contribution in [2.24, 2.45) is 0 Å². The third-order valence-electron chi connectivity index (χ3n) is 4.38. The van der Waals surface area contributed by atoms with Gasteiger partial charge in [0, 0.05) is 5.56 Å². The Hall–Kier alpha value is -3.94. The van der Waals surface area contributed by atoms with Crippen molar-refractivity contribution >= 4 is 5.91 Å². The maximum absolute atomic E-state index is 14.0. The van der Waals surface area contributed by atoms with Crippen LogP contribution >= 0.6 is 0 Å². The van der Waals surface area contributed by atoms with Gasteiger partial charge in [0.25, 0.3) is 5.91 Å². The zero-order valence-corrected chi connectivity index (χ0v) is 15.4. The van der Waals surface area contributed by atoms with E-state index in [1.54, 1.807) is 24.3 Å². The number of hydrogen-bond donors (Lipinski definition) is 1. The van der Waals surface area contributed by atoms with E-state index in [0.717, 1.165) is 18.2 Å². The molecule has 0 saturated heterocycles. The van der Waals surface area contributed by atoms with Gasteiger partial charge in [-0.25, -0.2) is 13.2 Å². The summed E-state index contributed by atoms with van der Waals surface area (Å²) >= 11 is 0. The number of nitrogens with zero attached hydrogens (tertiary/aromatic N) is 2. The second kappa shape index (κ2) is 8.20. The molecule has 1 atom stereocenters. The van der Waals surface area contributed by atoms with Crippen LogP contribution in [-0.2, 0) is 0 Å². The Morgan fingerprint density at radius 3 is 2.17 bits per heavy atom. The standard InChI is InChI=1S/C22H14F3N3O2/c23-15-11-9-13(10-12-15)19(26-20(29)18-16(24)7-4-8-17(18)25)22-28-27-21(30-22)14-5-2-1-3-6-14/h1-12,19H,(H,26,29). The van der Waals surface area contributed by atoms with Gasteiger partial charge in [-0.15, -0.1) is 10.2 Å². The number of carbonyl (C=O) groups excluding carboxylic acids is 1. The lowest BCUT2D eigenvalue weighted by molar-refractivity contribution is 0.0929. The highest BCUT2D eigenvalue weighted by molar-refractivity contribution is 5.95. The minimum Gasteiger partial charge on any atom is -0.418 e. The number of amides is 1. The summed E-state index contributed by atoms with van der Waals surface area (Å²) < 4.78 is 47.1. The summed E-state index contributed by atoms with van der Waals surface area (Å²) in [4.78, 5) is 12.6. The minimum absolute atomic E-state index is 0.0226. The zero-order chi connectivity index (χ0) is 21.1. The van der Waals surface area contributed by atoms with Crippen LogP contribution in [0.1, 0.15) is 27.9 Å². The molecule has 4 rings (SSSR count). The minimum atomic E-state index is -1.05. The average Bonchev–Trinajstić information content (AvgIpc) is 3.23. The Morgan fingerprint density at radius 2 is 1.50 bits per heavy atom. The van der Waals surface area contributed by atoms with E-state index in [4.69, 9.17) is 4.42 Å². The molecule has 0 aliphatic rings. The highest BCUT2D eigenvalue weighted by atomic mass is 19.1. The van der Waals surface area contributed by atoms with Crippen LogP contribution < -0.4 is 5.32 Å². The number of halogens is 3. The van der Waals surface area contributed by atoms with Crippen molar-refractivity contribution in [1.29, 1.82) is 0 Å². The largest absolute Gasteiger partial charge is 0.418 e. The topological polar surface area (TPSA) is 68.0 Å². The molecule has 1 aromatic heterocycles. The van der Waals surface area contributed by atoms with Crippen LogP contribution in [0.25, 0.3) is 11.5 Å². The van der Waals surface area contributed by atoms with Crippen molar-refractivity contribution in [2.45, 2.75) is 6.04 Å². The van der Waals surface area contributed by atoms with Crippen molar-refractivity contribution < 1.29 is 22.4 Å². The maximum atomic E-state index is 14.0. The van der Waals surface area contributed by atoms with Gasteiger partial charge in [-0.05, 0) is 42.0 Å². The lowest BCUT2D eigenvalue weighted by Crippen LogP contribution is -2.31. The highest BCUT2D eigenvalue weighted by Crippen LogP contribution is 2.26. The van der Waals surface area contributed by atoms with Gasteiger partial charge < -0.3 is 9.73 Å². The molecule has 0 fully saturated rings. The zero-order valence-electron chi connectivity index (χ0n) is 15.4. The first-order valence-electron chi connectivity index (χ1n) is 8.92. The first-order valence-corrected chi connectivity index (χ1v) is 8.92. The first-order chi connectivity index (χ1) is 14.5. The fourth-order valence-electron chi connectivity index (χ4n) is 2.91. The van der Waals surface area contributed by atoms with Gasteiger partial charge in [-0.3, -0.25) is 4.79 Å². The lowest BCUT2D eigenvalue weighted by atomic mass is 10.1. The quantitative estimate of drug-likeness (QED) is 0.520. The van der Waals surface area contributed by atoms with Crippen LogP contribution in [0.15, 0.2) is 77.2 Å². The van der Waals surface area contributed by atoms with Crippen LogP contribution in [0, 0.1) is 17.5 Å².